The van der Waals surface area contributed by atoms with E-state index in [-0.39, 0.29) is 12.2 Å². The van der Waals surface area contributed by atoms with Gasteiger partial charge in [0.25, 0.3) is 0 Å². The molecule has 2 rings (SSSR count). The lowest BCUT2D eigenvalue weighted by Crippen LogP contribution is -2.32. The maximum atomic E-state index is 11.4. The topological polar surface area (TPSA) is 42.4 Å². The standard InChI is InChI=1S/C19H21Cl2NO2/c1-13(2)12-24-14(3)19(23,16-5-4-8-22-11-16)10-15-6-7-17(20)9-18(15)21/h4-9,11,13,23H,3,10,12H2,1-2H3. The van der Waals surface area contributed by atoms with Crippen LogP contribution in [-0.2, 0) is 16.8 Å². The van der Waals surface area contributed by atoms with E-state index >= 15 is 0 Å². The number of hydrogen-bond donors (Lipinski definition) is 1. The molecule has 0 bridgehead atoms. The fraction of sp³-hybridized carbons (Fsp3) is 0.316. The van der Waals surface area contributed by atoms with Crippen LogP contribution in [0.15, 0.2) is 55.1 Å². The molecular weight excluding hydrogens is 345 g/mol. The smallest absolute Gasteiger partial charge is 0.151 e. The van der Waals surface area contributed by atoms with E-state index in [0.717, 1.165) is 5.56 Å². The first-order chi connectivity index (χ1) is 11.3. The average molecular weight is 366 g/mol. The van der Waals surface area contributed by atoms with Crippen molar-refractivity contribution in [1.82, 2.24) is 4.98 Å². The molecule has 5 heteroatoms. The summed E-state index contributed by atoms with van der Waals surface area (Å²) in [7, 11) is 0. The minimum absolute atomic E-state index is 0.214. The summed E-state index contributed by atoms with van der Waals surface area (Å²) in [4.78, 5) is 4.10. The summed E-state index contributed by atoms with van der Waals surface area (Å²) in [6.07, 6.45) is 3.47. The van der Waals surface area contributed by atoms with E-state index in [4.69, 9.17) is 27.9 Å². The first kappa shape index (κ1) is 18.8. The summed E-state index contributed by atoms with van der Waals surface area (Å²) < 4.78 is 5.72. The summed E-state index contributed by atoms with van der Waals surface area (Å²) in [5.74, 6) is 0.592. The molecule has 1 aromatic carbocycles. The molecule has 1 heterocycles. The number of halogens is 2. The molecule has 0 saturated carbocycles. The van der Waals surface area contributed by atoms with Crippen LogP contribution in [0, 0.1) is 5.92 Å². The van der Waals surface area contributed by atoms with Gasteiger partial charge in [-0.05, 0) is 29.7 Å². The van der Waals surface area contributed by atoms with E-state index in [0.29, 0.717) is 28.1 Å². The highest BCUT2D eigenvalue weighted by Gasteiger charge is 2.35. The molecule has 1 N–H and O–H groups in total. The normalized spacial score (nSPS) is 13.6. The maximum Gasteiger partial charge on any atom is 0.151 e. The molecule has 0 radical (unpaired) electrons. The van der Waals surface area contributed by atoms with Crippen LogP contribution in [0.5, 0.6) is 0 Å². The number of ether oxygens (including phenoxy) is 1. The van der Waals surface area contributed by atoms with E-state index in [1.54, 1.807) is 42.7 Å². The lowest BCUT2D eigenvalue weighted by Gasteiger charge is -2.31. The third-order valence-electron chi connectivity index (χ3n) is 3.65. The minimum Gasteiger partial charge on any atom is -0.495 e. The zero-order valence-electron chi connectivity index (χ0n) is 13.8. The van der Waals surface area contributed by atoms with Crippen LogP contribution < -0.4 is 0 Å². The van der Waals surface area contributed by atoms with Crippen molar-refractivity contribution in [2.45, 2.75) is 25.9 Å². The van der Waals surface area contributed by atoms with Crippen LogP contribution in [0.1, 0.15) is 25.0 Å². The van der Waals surface area contributed by atoms with Crippen molar-refractivity contribution in [3.05, 3.63) is 76.2 Å². The largest absolute Gasteiger partial charge is 0.495 e. The van der Waals surface area contributed by atoms with E-state index in [1.807, 2.05) is 13.8 Å². The number of aliphatic hydroxyl groups is 1. The minimum atomic E-state index is -1.43. The first-order valence-electron chi connectivity index (χ1n) is 7.72. The Bertz CT molecular complexity index is 704. The molecule has 1 atom stereocenters. The zero-order valence-corrected chi connectivity index (χ0v) is 15.3. The van der Waals surface area contributed by atoms with Gasteiger partial charge in [-0.25, -0.2) is 0 Å². The summed E-state index contributed by atoms with van der Waals surface area (Å²) >= 11 is 12.2. The van der Waals surface area contributed by atoms with Crippen molar-refractivity contribution >= 4 is 23.2 Å². The molecular formula is C19H21Cl2NO2. The van der Waals surface area contributed by atoms with Gasteiger partial charge in [0.15, 0.2) is 5.60 Å². The first-order valence-corrected chi connectivity index (χ1v) is 8.47. The molecule has 128 valence electrons. The second-order valence-electron chi connectivity index (χ2n) is 6.14. The quantitative estimate of drug-likeness (QED) is 0.701. The number of hydrogen-bond acceptors (Lipinski definition) is 3. The maximum absolute atomic E-state index is 11.4. The number of benzene rings is 1. The van der Waals surface area contributed by atoms with Crippen molar-refractivity contribution in [1.29, 1.82) is 0 Å². The Morgan fingerprint density at radius 1 is 1.33 bits per heavy atom. The van der Waals surface area contributed by atoms with Crippen molar-refractivity contribution in [2.75, 3.05) is 6.61 Å². The third-order valence-corrected chi connectivity index (χ3v) is 4.24. The van der Waals surface area contributed by atoms with Crippen molar-refractivity contribution in [2.24, 2.45) is 5.92 Å². The van der Waals surface area contributed by atoms with Crippen LogP contribution in [0.4, 0.5) is 0 Å². The van der Waals surface area contributed by atoms with Gasteiger partial charge in [0.05, 0.1) is 6.61 Å². The van der Waals surface area contributed by atoms with E-state index < -0.39 is 5.60 Å². The summed E-state index contributed by atoms with van der Waals surface area (Å²) in [5, 5.41) is 12.4. The molecule has 3 nitrogen and oxygen atoms in total. The van der Waals surface area contributed by atoms with Crippen LogP contribution in [0.2, 0.25) is 10.0 Å². The van der Waals surface area contributed by atoms with Gasteiger partial charge >= 0.3 is 0 Å². The second kappa shape index (κ2) is 8.02. The Kier molecular flexibility index (Phi) is 6.27. The second-order valence-corrected chi connectivity index (χ2v) is 6.99. The Hall–Kier alpha value is -1.55. The molecule has 2 aromatic rings. The number of pyridine rings is 1. The Labute approximate surface area is 152 Å². The molecule has 1 unspecified atom stereocenters. The monoisotopic (exact) mass is 365 g/mol. The lowest BCUT2D eigenvalue weighted by atomic mass is 9.86. The van der Waals surface area contributed by atoms with Crippen LogP contribution in [0.25, 0.3) is 0 Å². The highest BCUT2D eigenvalue weighted by molar-refractivity contribution is 6.35. The highest BCUT2D eigenvalue weighted by atomic mass is 35.5. The average Bonchev–Trinajstić information content (AvgIpc) is 2.55. The summed E-state index contributed by atoms with van der Waals surface area (Å²) in [6, 6.07) is 8.74. The van der Waals surface area contributed by atoms with Gasteiger partial charge in [-0.1, -0.05) is 55.8 Å². The highest BCUT2D eigenvalue weighted by Crippen LogP contribution is 2.35. The zero-order chi connectivity index (χ0) is 17.7. The molecule has 0 amide bonds. The molecule has 1 aromatic heterocycles. The number of nitrogens with zero attached hydrogens (tertiary/aromatic N) is 1. The van der Waals surface area contributed by atoms with Crippen molar-refractivity contribution < 1.29 is 9.84 Å². The van der Waals surface area contributed by atoms with E-state index in [1.165, 1.54) is 0 Å². The van der Waals surface area contributed by atoms with Crippen LogP contribution >= 0.6 is 23.2 Å². The summed E-state index contributed by atoms with van der Waals surface area (Å²) in [5.41, 5.74) is -0.0767. The molecule has 24 heavy (non-hydrogen) atoms. The van der Waals surface area contributed by atoms with Crippen molar-refractivity contribution in [3.8, 4) is 0 Å². The van der Waals surface area contributed by atoms with Crippen LogP contribution in [-0.4, -0.2) is 16.7 Å². The van der Waals surface area contributed by atoms with Gasteiger partial charge in [0.1, 0.15) is 5.76 Å². The third kappa shape index (κ3) is 4.50. The number of aromatic nitrogens is 1. The molecule has 0 spiro atoms. The van der Waals surface area contributed by atoms with Gasteiger partial charge < -0.3 is 9.84 Å². The van der Waals surface area contributed by atoms with Gasteiger partial charge in [0, 0.05) is 34.4 Å². The fourth-order valence-electron chi connectivity index (χ4n) is 2.30. The SMILES string of the molecule is C=C(OCC(C)C)C(O)(Cc1ccc(Cl)cc1Cl)c1cccnc1. The Morgan fingerprint density at radius 2 is 2.08 bits per heavy atom. The molecule has 0 aliphatic rings. The molecule has 0 aliphatic carbocycles. The Balaban J connectivity index is 2.37. The molecule has 0 saturated heterocycles. The van der Waals surface area contributed by atoms with Gasteiger partial charge in [-0.3, -0.25) is 4.98 Å². The van der Waals surface area contributed by atoms with Crippen LogP contribution in [0.3, 0.4) is 0 Å². The van der Waals surface area contributed by atoms with Gasteiger partial charge in [-0.15, -0.1) is 0 Å². The van der Waals surface area contributed by atoms with E-state index in [2.05, 4.69) is 11.6 Å². The number of rotatable bonds is 7. The Morgan fingerprint density at radius 3 is 2.67 bits per heavy atom. The van der Waals surface area contributed by atoms with Gasteiger partial charge in [-0.2, -0.15) is 0 Å². The fourth-order valence-corrected chi connectivity index (χ4v) is 2.77. The predicted octanol–water partition coefficient (Wildman–Crippen LogP) is 5.01. The van der Waals surface area contributed by atoms with Crippen molar-refractivity contribution in [3.63, 3.8) is 0 Å². The van der Waals surface area contributed by atoms with E-state index in [9.17, 15) is 5.11 Å². The molecule has 0 fully saturated rings. The lowest BCUT2D eigenvalue weighted by molar-refractivity contribution is 0.00180. The van der Waals surface area contributed by atoms with Gasteiger partial charge in [0.2, 0.25) is 0 Å². The predicted molar refractivity (Wildman–Crippen MR) is 98.2 cm³/mol. The molecule has 0 aliphatic heterocycles. The summed E-state index contributed by atoms with van der Waals surface area (Å²) in [6.45, 7) is 8.49.